The minimum absolute atomic E-state index is 0.297. The van der Waals surface area contributed by atoms with Gasteiger partial charge in [-0.3, -0.25) is 15.0 Å². The molecule has 0 aliphatic carbocycles. The molecule has 0 saturated carbocycles. The monoisotopic (exact) mass is 446 g/mol. The number of aromatic nitrogens is 2. The fraction of sp³-hybridized carbons (Fsp3) is 0.350. The SMILES string of the molecule is Cc1ccc(-c2csc3ncn(NC(=O)C4CCN(S(C)(=O)=O)CC4)c(=O)c23)cc1. The standard InChI is InChI=1S/C20H22N4O4S2/c1-13-3-5-14(6-4-13)16-11-29-19-17(16)20(26)24(12-21-19)22-18(25)15-7-9-23(10-8-15)30(2,27)28/h3-6,11-12,15H,7-10H2,1-2H3,(H,22,25). The molecule has 3 aromatic rings. The Kier molecular flexibility index (Phi) is 5.48. The van der Waals surface area contributed by atoms with Gasteiger partial charge in [0.05, 0.1) is 11.6 Å². The highest BCUT2D eigenvalue weighted by Gasteiger charge is 2.29. The Labute approximate surface area is 178 Å². The summed E-state index contributed by atoms with van der Waals surface area (Å²) in [6, 6.07) is 7.89. The number of nitrogens with one attached hydrogen (secondary N) is 1. The smallest absolute Gasteiger partial charge is 0.273 e. The van der Waals surface area contributed by atoms with E-state index < -0.39 is 10.0 Å². The van der Waals surface area contributed by atoms with Gasteiger partial charge in [-0.15, -0.1) is 11.3 Å². The molecule has 10 heteroatoms. The van der Waals surface area contributed by atoms with Gasteiger partial charge in [0.2, 0.25) is 15.9 Å². The van der Waals surface area contributed by atoms with Crippen LogP contribution in [0.5, 0.6) is 0 Å². The summed E-state index contributed by atoms with van der Waals surface area (Å²) < 4.78 is 25.8. The maximum Gasteiger partial charge on any atom is 0.281 e. The van der Waals surface area contributed by atoms with Crippen LogP contribution in [0.25, 0.3) is 21.3 Å². The molecule has 0 unspecified atom stereocenters. The van der Waals surface area contributed by atoms with E-state index in [0.717, 1.165) is 21.4 Å². The number of hydrogen-bond acceptors (Lipinski definition) is 6. The Morgan fingerprint density at radius 3 is 2.50 bits per heavy atom. The zero-order chi connectivity index (χ0) is 21.5. The molecule has 1 amide bonds. The average molecular weight is 447 g/mol. The summed E-state index contributed by atoms with van der Waals surface area (Å²) in [6.07, 6.45) is 3.32. The number of thiophene rings is 1. The molecular weight excluding hydrogens is 424 g/mol. The van der Waals surface area contributed by atoms with E-state index in [0.29, 0.717) is 36.1 Å². The predicted molar refractivity (Wildman–Crippen MR) is 118 cm³/mol. The quantitative estimate of drug-likeness (QED) is 0.662. The lowest BCUT2D eigenvalue weighted by Gasteiger charge is -2.29. The average Bonchev–Trinajstić information content (AvgIpc) is 3.15. The number of hydrogen-bond donors (Lipinski definition) is 1. The topological polar surface area (TPSA) is 101 Å². The van der Waals surface area contributed by atoms with Crippen molar-refractivity contribution in [1.82, 2.24) is 14.0 Å². The summed E-state index contributed by atoms with van der Waals surface area (Å²) >= 11 is 1.39. The number of sulfonamides is 1. The summed E-state index contributed by atoms with van der Waals surface area (Å²) in [6.45, 7) is 2.59. The fourth-order valence-corrected chi connectivity index (χ4v) is 5.40. The van der Waals surface area contributed by atoms with Gasteiger partial charge in [-0.1, -0.05) is 29.8 Å². The predicted octanol–water partition coefficient (Wildman–Crippen LogP) is 2.18. The van der Waals surface area contributed by atoms with Crippen LogP contribution < -0.4 is 11.0 Å². The minimum atomic E-state index is -3.25. The molecule has 0 bridgehead atoms. The van der Waals surface area contributed by atoms with Crippen LogP contribution in [0.1, 0.15) is 18.4 Å². The number of benzene rings is 1. The van der Waals surface area contributed by atoms with Gasteiger partial charge in [-0.05, 0) is 25.3 Å². The first-order valence-corrected chi connectivity index (χ1v) is 12.3. The van der Waals surface area contributed by atoms with Gasteiger partial charge >= 0.3 is 0 Å². The maximum atomic E-state index is 13.1. The van der Waals surface area contributed by atoms with E-state index in [1.54, 1.807) is 0 Å². The summed E-state index contributed by atoms with van der Waals surface area (Å²) in [5, 5.41) is 2.37. The van der Waals surface area contributed by atoms with E-state index in [9.17, 15) is 18.0 Å². The molecule has 30 heavy (non-hydrogen) atoms. The highest BCUT2D eigenvalue weighted by Crippen LogP contribution is 2.30. The summed E-state index contributed by atoms with van der Waals surface area (Å²) in [7, 11) is -3.25. The third-order valence-electron chi connectivity index (χ3n) is 5.38. The number of nitrogens with zero attached hydrogens (tertiary/aromatic N) is 3. The molecule has 1 N–H and O–H groups in total. The molecule has 4 rings (SSSR count). The second kappa shape index (κ2) is 7.93. The number of piperidine rings is 1. The van der Waals surface area contributed by atoms with Gasteiger partial charge in [0.1, 0.15) is 11.2 Å². The summed E-state index contributed by atoms with van der Waals surface area (Å²) in [5.41, 5.74) is 5.14. The van der Waals surface area contributed by atoms with Crippen molar-refractivity contribution in [2.75, 3.05) is 24.8 Å². The molecule has 8 nitrogen and oxygen atoms in total. The first-order valence-electron chi connectivity index (χ1n) is 9.56. The summed E-state index contributed by atoms with van der Waals surface area (Å²) in [4.78, 5) is 30.7. The molecule has 1 aromatic carbocycles. The van der Waals surface area contributed by atoms with E-state index in [1.165, 1.54) is 28.2 Å². The van der Waals surface area contributed by atoms with Crippen LogP contribution >= 0.6 is 11.3 Å². The number of rotatable bonds is 4. The Morgan fingerprint density at radius 2 is 1.87 bits per heavy atom. The third-order valence-corrected chi connectivity index (χ3v) is 7.57. The van der Waals surface area contributed by atoms with Crippen molar-refractivity contribution in [1.29, 1.82) is 0 Å². The van der Waals surface area contributed by atoms with Gasteiger partial charge in [0, 0.05) is 30.0 Å². The van der Waals surface area contributed by atoms with Gasteiger partial charge in [-0.2, -0.15) is 0 Å². The molecule has 158 valence electrons. The van der Waals surface area contributed by atoms with Gasteiger partial charge in [-0.25, -0.2) is 22.4 Å². The number of aryl methyl sites for hydroxylation is 1. The molecule has 2 aromatic heterocycles. The molecule has 0 spiro atoms. The first kappa shape index (κ1) is 20.7. The van der Waals surface area contributed by atoms with E-state index in [1.807, 2.05) is 36.6 Å². The van der Waals surface area contributed by atoms with Crippen LogP contribution in [0.4, 0.5) is 0 Å². The maximum absolute atomic E-state index is 13.1. The zero-order valence-electron chi connectivity index (χ0n) is 16.7. The van der Waals surface area contributed by atoms with Crippen LogP contribution in [0.15, 0.2) is 40.8 Å². The molecule has 3 heterocycles. The van der Waals surface area contributed by atoms with Crippen LogP contribution in [0.2, 0.25) is 0 Å². The van der Waals surface area contributed by atoms with E-state index in [-0.39, 0.29) is 17.4 Å². The number of fused-ring (bicyclic) bond motifs is 1. The highest BCUT2D eigenvalue weighted by molar-refractivity contribution is 7.88. The van der Waals surface area contributed by atoms with Gasteiger partial charge in [0.15, 0.2) is 0 Å². The van der Waals surface area contributed by atoms with Gasteiger partial charge < -0.3 is 0 Å². The van der Waals surface area contributed by atoms with Gasteiger partial charge in [0.25, 0.3) is 5.56 Å². The van der Waals surface area contributed by atoms with Crippen LogP contribution in [-0.2, 0) is 14.8 Å². The number of amides is 1. The summed E-state index contributed by atoms with van der Waals surface area (Å²) in [5.74, 6) is -0.664. The van der Waals surface area contributed by atoms with Crippen molar-refractivity contribution in [3.8, 4) is 11.1 Å². The Morgan fingerprint density at radius 1 is 1.20 bits per heavy atom. The Bertz CT molecular complexity index is 1250. The second-order valence-corrected chi connectivity index (χ2v) is 10.4. The van der Waals surface area contributed by atoms with Crippen molar-refractivity contribution in [3.05, 3.63) is 51.9 Å². The molecule has 1 aliphatic heterocycles. The van der Waals surface area contributed by atoms with E-state index in [2.05, 4.69) is 10.4 Å². The number of carbonyl (C=O) groups is 1. The number of carbonyl (C=O) groups excluding carboxylic acids is 1. The van der Waals surface area contributed by atoms with E-state index >= 15 is 0 Å². The highest BCUT2D eigenvalue weighted by atomic mass is 32.2. The largest absolute Gasteiger partial charge is 0.281 e. The minimum Gasteiger partial charge on any atom is -0.273 e. The lowest BCUT2D eigenvalue weighted by molar-refractivity contribution is -0.121. The van der Waals surface area contributed by atoms with Crippen molar-refractivity contribution < 1.29 is 13.2 Å². The lowest BCUT2D eigenvalue weighted by atomic mass is 9.98. The van der Waals surface area contributed by atoms with Crippen LogP contribution in [-0.4, -0.2) is 47.6 Å². The second-order valence-electron chi connectivity index (χ2n) is 7.53. The van der Waals surface area contributed by atoms with Crippen LogP contribution in [0.3, 0.4) is 0 Å². The Hall–Kier alpha value is -2.56. The molecule has 1 aliphatic rings. The zero-order valence-corrected chi connectivity index (χ0v) is 18.3. The van der Waals surface area contributed by atoms with Crippen molar-refractivity contribution >= 4 is 37.5 Å². The van der Waals surface area contributed by atoms with Crippen molar-refractivity contribution in [2.24, 2.45) is 5.92 Å². The fourth-order valence-electron chi connectivity index (χ4n) is 3.62. The Balaban J connectivity index is 1.57. The van der Waals surface area contributed by atoms with Crippen molar-refractivity contribution in [2.45, 2.75) is 19.8 Å². The van der Waals surface area contributed by atoms with E-state index in [4.69, 9.17) is 0 Å². The lowest BCUT2D eigenvalue weighted by Crippen LogP contribution is -2.43. The first-order chi connectivity index (χ1) is 14.2. The van der Waals surface area contributed by atoms with Crippen LogP contribution in [0, 0.1) is 12.8 Å². The third kappa shape index (κ3) is 4.03. The molecule has 1 fully saturated rings. The normalized spacial score (nSPS) is 16.1. The molecule has 0 radical (unpaired) electrons. The molecule has 0 atom stereocenters. The van der Waals surface area contributed by atoms with Crippen molar-refractivity contribution in [3.63, 3.8) is 0 Å². The molecular formula is C20H22N4O4S2. The molecule has 1 saturated heterocycles.